The number of amides is 1. The van der Waals surface area contributed by atoms with Gasteiger partial charge in [0.05, 0.1) is 10.0 Å². The van der Waals surface area contributed by atoms with E-state index in [1.807, 2.05) is 0 Å². The van der Waals surface area contributed by atoms with E-state index in [1.54, 1.807) is 24.3 Å². The summed E-state index contributed by atoms with van der Waals surface area (Å²) in [5, 5.41) is 12.3. The van der Waals surface area contributed by atoms with Crippen LogP contribution >= 0.6 is 23.2 Å². The number of aliphatic carboxylic acids is 1. The molecule has 1 unspecified atom stereocenters. The Labute approximate surface area is 126 Å². The van der Waals surface area contributed by atoms with Crippen molar-refractivity contribution in [2.75, 3.05) is 0 Å². The van der Waals surface area contributed by atoms with E-state index in [9.17, 15) is 9.59 Å². The lowest BCUT2D eigenvalue weighted by Gasteiger charge is -2.11. The van der Waals surface area contributed by atoms with Crippen LogP contribution in [0.1, 0.15) is 18.4 Å². The van der Waals surface area contributed by atoms with Gasteiger partial charge in [-0.15, -0.1) is 0 Å². The maximum atomic E-state index is 11.7. The molecule has 1 amide bonds. The Balaban J connectivity index is 1.97. The summed E-state index contributed by atoms with van der Waals surface area (Å²) in [6.45, 7) is 0. The second-order valence-electron chi connectivity index (χ2n) is 4.67. The molecule has 2 rings (SSSR count). The van der Waals surface area contributed by atoms with Crippen LogP contribution in [0.2, 0.25) is 10.0 Å². The van der Waals surface area contributed by atoms with Crippen molar-refractivity contribution in [3.8, 4) is 0 Å². The highest BCUT2D eigenvalue weighted by atomic mass is 35.5. The Morgan fingerprint density at radius 1 is 1.30 bits per heavy atom. The van der Waals surface area contributed by atoms with Crippen LogP contribution in [0.15, 0.2) is 24.3 Å². The molecular weight excluding hydrogens is 301 g/mol. The fourth-order valence-electron chi connectivity index (χ4n) is 1.80. The van der Waals surface area contributed by atoms with Crippen LogP contribution in [0.5, 0.6) is 0 Å². The molecule has 1 fully saturated rings. The summed E-state index contributed by atoms with van der Waals surface area (Å²) in [4.78, 5) is 22.7. The maximum absolute atomic E-state index is 11.7. The number of carboxylic acid groups (broad SMARTS) is 1. The van der Waals surface area contributed by atoms with E-state index in [4.69, 9.17) is 28.3 Å². The fourth-order valence-corrected chi connectivity index (χ4v) is 2.11. The van der Waals surface area contributed by atoms with Crippen molar-refractivity contribution >= 4 is 41.2 Å². The molecule has 2 N–H and O–H groups in total. The molecule has 1 aliphatic rings. The van der Waals surface area contributed by atoms with Gasteiger partial charge in [-0.25, -0.2) is 4.79 Å². The molecule has 0 bridgehead atoms. The van der Waals surface area contributed by atoms with Gasteiger partial charge in [0.15, 0.2) is 0 Å². The van der Waals surface area contributed by atoms with Gasteiger partial charge in [0.1, 0.15) is 6.04 Å². The zero-order chi connectivity index (χ0) is 14.7. The number of benzene rings is 1. The van der Waals surface area contributed by atoms with Crippen molar-refractivity contribution in [3.05, 3.63) is 39.9 Å². The molecule has 0 radical (unpaired) electrons. The highest BCUT2D eigenvalue weighted by Gasteiger charge is 2.36. The van der Waals surface area contributed by atoms with E-state index in [0.29, 0.717) is 15.6 Å². The first-order chi connectivity index (χ1) is 9.47. The van der Waals surface area contributed by atoms with Gasteiger partial charge in [0.25, 0.3) is 0 Å². The normalized spacial score (nSPS) is 16.1. The second-order valence-corrected chi connectivity index (χ2v) is 5.48. The molecule has 0 saturated heterocycles. The smallest absolute Gasteiger partial charge is 0.326 e. The van der Waals surface area contributed by atoms with Gasteiger partial charge in [-0.2, -0.15) is 0 Å². The Bertz CT molecular complexity index is 568. The van der Waals surface area contributed by atoms with Gasteiger partial charge in [-0.1, -0.05) is 29.3 Å². The van der Waals surface area contributed by atoms with Crippen molar-refractivity contribution in [3.63, 3.8) is 0 Å². The molecular formula is C14H13Cl2NO3. The lowest BCUT2D eigenvalue weighted by Crippen LogP contribution is -2.41. The summed E-state index contributed by atoms with van der Waals surface area (Å²) in [5.41, 5.74) is 0.716. The predicted molar refractivity (Wildman–Crippen MR) is 77.8 cm³/mol. The van der Waals surface area contributed by atoms with Crippen LogP contribution in [0, 0.1) is 5.92 Å². The Morgan fingerprint density at radius 2 is 2.00 bits per heavy atom. The molecule has 4 nitrogen and oxygen atoms in total. The quantitative estimate of drug-likeness (QED) is 0.821. The lowest BCUT2D eigenvalue weighted by molar-refractivity contribution is -0.141. The summed E-state index contributed by atoms with van der Waals surface area (Å²) >= 11 is 11.6. The average Bonchev–Trinajstić information content (AvgIpc) is 3.21. The second kappa shape index (κ2) is 6.29. The Morgan fingerprint density at radius 3 is 2.55 bits per heavy atom. The standard InChI is InChI=1S/C14H13Cl2NO3/c15-10-5-1-8(7-11(10)16)2-6-12(18)17-13(14(19)20)9-3-4-9/h1-2,5-7,9,13H,3-4H2,(H,17,18)(H,19,20). The highest BCUT2D eigenvalue weighted by molar-refractivity contribution is 6.42. The molecule has 1 aromatic rings. The molecule has 0 spiro atoms. The van der Waals surface area contributed by atoms with Gasteiger partial charge in [-0.3, -0.25) is 4.79 Å². The minimum atomic E-state index is -0.996. The predicted octanol–water partition coefficient (Wildman–Crippen LogP) is 2.99. The lowest BCUT2D eigenvalue weighted by atomic mass is 10.2. The van der Waals surface area contributed by atoms with E-state index in [1.165, 1.54) is 6.08 Å². The van der Waals surface area contributed by atoms with Gasteiger partial charge >= 0.3 is 5.97 Å². The van der Waals surface area contributed by atoms with E-state index in [0.717, 1.165) is 12.8 Å². The number of carbonyl (C=O) groups excluding carboxylic acids is 1. The summed E-state index contributed by atoms with van der Waals surface area (Å²) in [6, 6.07) is 4.17. The number of carbonyl (C=O) groups is 2. The van der Waals surface area contributed by atoms with E-state index >= 15 is 0 Å². The number of nitrogens with one attached hydrogen (secondary N) is 1. The Hall–Kier alpha value is -1.52. The first-order valence-electron chi connectivity index (χ1n) is 6.14. The van der Waals surface area contributed by atoms with Crippen LogP contribution in [0.25, 0.3) is 6.08 Å². The van der Waals surface area contributed by atoms with Crippen LogP contribution in [-0.4, -0.2) is 23.0 Å². The number of rotatable bonds is 5. The molecule has 1 aliphatic carbocycles. The topological polar surface area (TPSA) is 66.4 Å². The number of hydrogen-bond donors (Lipinski definition) is 2. The maximum Gasteiger partial charge on any atom is 0.326 e. The Kier molecular flexibility index (Phi) is 4.68. The zero-order valence-corrected chi connectivity index (χ0v) is 12.0. The van der Waals surface area contributed by atoms with Gasteiger partial charge in [0, 0.05) is 6.08 Å². The third-order valence-corrected chi connectivity index (χ3v) is 3.77. The van der Waals surface area contributed by atoms with Crippen LogP contribution in [-0.2, 0) is 9.59 Å². The van der Waals surface area contributed by atoms with E-state index < -0.39 is 17.9 Å². The SMILES string of the molecule is O=C(C=Cc1ccc(Cl)c(Cl)c1)NC(C(=O)O)C1CC1. The van der Waals surface area contributed by atoms with Crippen LogP contribution in [0.4, 0.5) is 0 Å². The first-order valence-corrected chi connectivity index (χ1v) is 6.89. The van der Waals surface area contributed by atoms with Crippen molar-refractivity contribution in [1.29, 1.82) is 0 Å². The van der Waals surface area contributed by atoms with E-state index in [-0.39, 0.29) is 5.92 Å². The molecule has 106 valence electrons. The summed E-state index contributed by atoms with van der Waals surface area (Å²) in [6.07, 6.45) is 4.53. The first kappa shape index (κ1) is 14.9. The molecule has 0 heterocycles. The summed E-state index contributed by atoms with van der Waals surface area (Å²) < 4.78 is 0. The molecule has 6 heteroatoms. The number of hydrogen-bond acceptors (Lipinski definition) is 2. The summed E-state index contributed by atoms with van der Waals surface area (Å²) in [5.74, 6) is -1.38. The third kappa shape index (κ3) is 3.99. The van der Waals surface area contributed by atoms with Crippen LogP contribution < -0.4 is 5.32 Å². The molecule has 1 saturated carbocycles. The molecule has 0 aliphatic heterocycles. The summed E-state index contributed by atoms with van der Waals surface area (Å²) in [7, 11) is 0. The minimum absolute atomic E-state index is 0.0508. The zero-order valence-electron chi connectivity index (χ0n) is 10.5. The molecule has 1 atom stereocenters. The van der Waals surface area contributed by atoms with Gasteiger partial charge in [-0.05, 0) is 42.5 Å². The van der Waals surface area contributed by atoms with Crippen molar-refractivity contribution in [2.45, 2.75) is 18.9 Å². The molecule has 0 aromatic heterocycles. The largest absolute Gasteiger partial charge is 0.480 e. The average molecular weight is 314 g/mol. The van der Waals surface area contributed by atoms with Crippen molar-refractivity contribution in [1.82, 2.24) is 5.32 Å². The third-order valence-electron chi connectivity index (χ3n) is 3.03. The monoisotopic (exact) mass is 313 g/mol. The molecule has 1 aromatic carbocycles. The van der Waals surface area contributed by atoms with Crippen molar-refractivity contribution < 1.29 is 14.7 Å². The van der Waals surface area contributed by atoms with Gasteiger partial charge < -0.3 is 10.4 Å². The minimum Gasteiger partial charge on any atom is -0.480 e. The number of carboxylic acids is 1. The highest BCUT2D eigenvalue weighted by Crippen LogP contribution is 2.32. The number of halogens is 2. The van der Waals surface area contributed by atoms with Crippen LogP contribution in [0.3, 0.4) is 0 Å². The van der Waals surface area contributed by atoms with Gasteiger partial charge in [0.2, 0.25) is 5.91 Å². The fraction of sp³-hybridized carbons (Fsp3) is 0.286. The molecule has 20 heavy (non-hydrogen) atoms. The van der Waals surface area contributed by atoms with Crippen molar-refractivity contribution in [2.24, 2.45) is 5.92 Å². The van der Waals surface area contributed by atoms with E-state index in [2.05, 4.69) is 5.32 Å².